The number of ketones is 5. The van der Waals surface area contributed by atoms with Gasteiger partial charge in [0, 0.05) is 76.0 Å². The number of carboxylic acid groups (broad SMARTS) is 1. The molecule has 0 amide bonds. The second kappa shape index (κ2) is 42.1. The summed E-state index contributed by atoms with van der Waals surface area (Å²) in [5.74, 6) is 6.44. The molecule has 131 heavy (non-hydrogen) atoms. The molecule has 8 aromatic rings. The van der Waals surface area contributed by atoms with Crippen LogP contribution in [0.15, 0.2) is 116 Å². The molecule has 18 heteroatoms. The van der Waals surface area contributed by atoms with Crippen LogP contribution in [0.5, 0.6) is 0 Å². The molecule has 5 fully saturated rings. The normalized spacial score (nSPS) is 20.1. The van der Waals surface area contributed by atoms with Crippen molar-refractivity contribution in [3.63, 3.8) is 0 Å². The number of H-pyrrole nitrogens is 4. The molecule has 8 aliphatic carbocycles. The first-order chi connectivity index (χ1) is 62.8. The van der Waals surface area contributed by atoms with E-state index in [1.165, 1.54) is 159 Å². The number of hydrogen-bond donors (Lipinski definition) is 5. The Morgan fingerprint density at radius 1 is 0.466 bits per heavy atom. The highest BCUT2D eigenvalue weighted by molar-refractivity contribution is 5.98. The van der Waals surface area contributed by atoms with Gasteiger partial charge in [-0.3, -0.25) is 38.7 Å². The van der Waals surface area contributed by atoms with Gasteiger partial charge in [-0.2, -0.15) is 0 Å². The van der Waals surface area contributed by atoms with Gasteiger partial charge in [-0.25, -0.2) is 19.9 Å². The molecule has 0 bridgehead atoms. The Morgan fingerprint density at radius 2 is 0.870 bits per heavy atom. The summed E-state index contributed by atoms with van der Waals surface area (Å²) in [5.41, 5.74) is 22.3. The van der Waals surface area contributed by atoms with E-state index in [0.717, 1.165) is 160 Å². The number of carbonyl (C=O) groups is 6. The van der Waals surface area contributed by atoms with Crippen molar-refractivity contribution in [1.29, 1.82) is 0 Å². The summed E-state index contributed by atoms with van der Waals surface area (Å²) in [6.07, 6.45) is 64.7. The molecular weight excluding hydrogens is 1630 g/mol. The number of allylic oxidation sites excluding steroid dienone is 8. The molecule has 9 aliphatic rings. The third-order valence-electron chi connectivity index (χ3n) is 30.6. The fraction of sp³-hybridized carbons (Fsp3) is 0.531. The van der Waals surface area contributed by atoms with E-state index in [0.29, 0.717) is 95.3 Å². The lowest BCUT2D eigenvalue weighted by atomic mass is 9.66. The first-order valence-electron chi connectivity index (χ1n) is 49.1. The number of ether oxygens (including phenoxy) is 1. The molecule has 18 nitrogen and oxygen atoms in total. The molecule has 17 rings (SSSR count). The highest BCUT2D eigenvalue weighted by Crippen LogP contribution is 2.51. The number of carbonyl (C=O) groups excluding carboxylic acids is 5. The first kappa shape index (κ1) is 96.5. The molecule has 5 N–H and O–H groups in total. The van der Waals surface area contributed by atoms with Gasteiger partial charge in [-0.1, -0.05) is 204 Å². The zero-order valence-electron chi connectivity index (χ0n) is 80.2. The Morgan fingerprint density at radius 3 is 1.31 bits per heavy atom. The number of hydrogen-bond acceptors (Lipinski definition) is 13. The number of aromatic nitrogens is 9. The van der Waals surface area contributed by atoms with Crippen molar-refractivity contribution in [2.75, 3.05) is 26.8 Å². The number of likely N-dealkylation sites (tertiary alicyclic amines) is 1. The van der Waals surface area contributed by atoms with Crippen molar-refractivity contribution in [3.8, 4) is 24.7 Å². The minimum Gasteiger partial charge on any atom is -0.481 e. The van der Waals surface area contributed by atoms with Crippen molar-refractivity contribution in [1.82, 2.24) is 49.8 Å². The van der Waals surface area contributed by atoms with Gasteiger partial charge in [0.1, 0.15) is 17.2 Å². The minimum atomic E-state index is -0.825. The van der Waals surface area contributed by atoms with Gasteiger partial charge in [0.15, 0.2) is 23.3 Å². The second-order valence-corrected chi connectivity index (χ2v) is 42.7. The molecule has 4 saturated carbocycles. The number of aryl methyl sites for hydroxylation is 2. The number of benzene rings is 3. The van der Waals surface area contributed by atoms with Crippen molar-refractivity contribution in [2.45, 2.75) is 336 Å². The fourth-order valence-electron chi connectivity index (χ4n) is 22.0. The van der Waals surface area contributed by atoms with Gasteiger partial charge in [0.25, 0.3) is 0 Å². The van der Waals surface area contributed by atoms with Crippen LogP contribution in [0.1, 0.15) is 412 Å². The molecule has 0 unspecified atom stereocenters. The molecule has 5 aromatic heterocycles. The average molecular weight is 1770 g/mol. The molecule has 692 valence electrons. The van der Waals surface area contributed by atoms with E-state index in [2.05, 4.69) is 185 Å². The summed E-state index contributed by atoms with van der Waals surface area (Å²) < 4.78 is 5.40. The number of nitrogens with zero attached hydrogens (tertiary/aromatic N) is 6. The lowest BCUT2D eigenvalue weighted by molar-refractivity contribution is -0.143. The van der Waals surface area contributed by atoms with E-state index < -0.39 is 11.4 Å². The third kappa shape index (κ3) is 23.7. The van der Waals surface area contributed by atoms with Gasteiger partial charge in [-0.05, 0) is 298 Å². The molecule has 0 spiro atoms. The highest BCUT2D eigenvalue weighted by atomic mass is 16.5. The highest BCUT2D eigenvalue weighted by Gasteiger charge is 2.46. The van der Waals surface area contributed by atoms with Crippen LogP contribution in [0.3, 0.4) is 0 Å². The number of Topliss-reactive ketones (excluding diaryl/α,β-unsaturated/α-hetero) is 5. The average Bonchev–Trinajstić information content (AvgIpc) is 1.73. The third-order valence-corrected chi connectivity index (χ3v) is 30.6. The standard InChI is InChI=1S/C30H38N4O.C30H42N2O2.C27H30N2O3.C26H32N2O2/c1-4-24-21-31-28(32-24)25(35)20-23-10-11-26(33-27(23)22-12-16-29(2,3)17-13-22)30(14-6-7-15-30)34-18-8-5-9-19-34;1-22-21-31-28(32-22)27(33)19-24-9-10-25(20-26(24)23-11-16-29(2,3)17-12-23)30(15-8-18-34-4)13-6-5-7-14-30;1-4-21-17-28-24(29-21)23(30)15-19-7-8-20(27(25(31)32)11-5-6-12-27)16-22(19)18-9-13-26(2,3)14-10-18;1-17-16-27-25(28-17)24(30)15-21-5-4-20(18-6-8-22(29)9-7-18)14-23(21)19-10-12-26(2,3)13-11-19/h1,10-12,21H,5-9,13-20H2,2-3H3,(H,31,32);9-11,20-21H,5-8,12-19H2,1-4H3,(H,31,32);1,7-9,16-17H,5-6,10-15H2,2-3H3,(H,28,29)(H,31,32);4-5,10,14,16,18H,6-9,11-13,15H2,1-3H3,(H,27,28). The minimum absolute atomic E-state index is 0.0251. The summed E-state index contributed by atoms with van der Waals surface area (Å²) >= 11 is 0. The molecular formula is C113H142N10O8. The number of rotatable bonds is 26. The maximum atomic E-state index is 13.1. The molecule has 0 atom stereocenters. The Balaban J connectivity index is 0.000000141. The number of nitrogens with one attached hydrogen (secondary N) is 4. The SMILES string of the molecule is C#Cc1cnc(C(=O)Cc2ccc(C3(C(=O)O)CCCC3)cc2C2=CCC(C)(C)CC2)[nH]1.C#Cc1cnc(C(=O)Cc2ccc(C3(N4CCCCC4)CCCC3)nc2C2=CCC(C)(C)CC2)[nH]1.COCCCC1(c2ccc(CC(=O)c3ncc(C)[nH]3)c(C3=CCC(C)(C)CC3)c2)CCCCC1.Cc1cnc(C(=O)Cc2ccc(C3CCC(=O)CC3)cc2C2=CCC(C)(C)CC2)[nH]1. The zero-order chi connectivity index (χ0) is 92.9. The van der Waals surface area contributed by atoms with Crippen LogP contribution in [0.2, 0.25) is 0 Å². The Labute approximate surface area is 778 Å². The van der Waals surface area contributed by atoms with E-state index in [-0.39, 0.29) is 58.2 Å². The quantitative estimate of drug-likeness (QED) is 0.0192. The molecule has 1 saturated heterocycles. The molecule has 3 aromatic carbocycles. The van der Waals surface area contributed by atoms with Gasteiger partial charge in [0.2, 0.25) is 23.1 Å². The maximum absolute atomic E-state index is 13.1. The monoisotopic (exact) mass is 1770 g/mol. The number of aliphatic carboxylic acids is 1. The molecule has 1 aliphatic heterocycles. The van der Waals surface area contributed by atoms with Crippen LogP contribution in [0, 0.1) is 60.2 Å². The largest absolute Gasteiger partial charge is 0.481 e. The van der Waals surface area contributed by atoms with Crippen molar-refractivity contribution in [2.24, 2.45) is 21.7 Å². The topological polar surface area (TPSA) is 263 Å². The number of pyridine rings is 1. The summed E-state index contributed by atoms with van der Waals surface area (Å²) in [5, 5.41) is 10.1. The number of imidazole rings is 4. The van der Waals surface area contributed by atoms with Gasteiger partial charge in [-0.15, -0.1) is 12.8 Å². The number of carboxylic acids is 1. The second-order valence-electron chi connectivity index (χ2n) is 42.7. The van der Waals surface area contributed by atoms with E-state index in [1.807, 2.05) is 32.0 Å². The lowest BCUT2D eigenvalue weighted by Crippen LogP contribution is -2.47. The van der Waals surface area contributed by atoms with Gasteiger partial charge < -0.3 is 29.8 Å². The number of methoxy groups -OCH3 is 1. The van der Waals surface area contributed by atoms with Gasteiger partial charge >= 0.3 is 5.97 Å². The summed E-state index contributed by atoms with van der Waals surface area (Å²) in [6, 6.07) is 23.9. The van der Waals surface area contributed by atoms with E-state index in [4.69, 9.17) is 22.6 Å². The summed E-state index contributed by atoms with van der Waals surface area (Å²) in [4.78, 5) is 113. The lowest BCUT2D eigenvalue weighted by Gasteiger charge is -2.43. The number of terminal acetylenes is 2. The summed E-state index contributed by atoms with van der Waals surface area (Å²) in [6.45, 7) is 25.5. The van der Waals surface area contributed by atoms with Crippen molar-refractivity contribution in [3.05, 3.63) is 229 Å². The van der Waals surface area contributed by atoms with E-state index in [9.17, 15) is 33.9 Å². The van der Waals surface area contributed by atoms with Crippen LogP contribution in [-0.4, -0.2) is 117 Å². The van der Waals surface area contributed by atoms with Crippen molar-refractivity contribution >= 4 is 57.2 Å². The Bertz CT molecular complexity index is 5670. The zero-order valence-corrected chi connectivity index (χ0v) is 80.2. The van der Waals surface area contributed by atoms with Crippen LogP contribution < -0.4 is 0 Å². The van der Waals surface area contributed by atoms with Crippen molar-refractivity contribution < 1.29 is 38.6 Å². The van der Waals surface area contributed by atoms with E-state index in [1.54, 1.807) is 25.7 Å². The number of aromatic amines is 4. The van der Waals surface area contributed by atoms with Crippen LogP contribution in [0.4, 0.5) is 0 Å². The smallest absolute Gasteiger partial charge is 0.314 e. The molecule has 6 heterocycles. The summed E-state index contributed by atoms with van der Waals surface area (Å²) in [7, 11) is 1.80. The van der Waals surface area contributed by atoms with Crippen LogP contribution in [-0.2, 0) is 56.4 Å². The predicted octanol–water partition coefficient (Wildman–Crippen LogP) is 24.7. The predicted molar refractivity (Wildman–Crippen MR) is 523 cm³/mol. The van der Waals surface area contributed by atoms with Crippen LogP contribution in [0.25, 0.3) is 22.3 Å². The number of piperidine rings is 1. The van der Waals surface area contributed by atoms with Gasteiger partial charge in [0.05, 0.1) is 34.7 Å². The van der Waals surface area contributed by atoms with Crippen LogP contribution >= 0.6 is 0 Å². The van der Waals surface area contributed by atoms with E-state index >= 15 is 0 Å². The fourth-order valence-corrected chi connectivity index (χ4v) is 22.0. The molecule has 0 radical (unpaired) electrons. The maximum Gasteiger partial charge on any atom is 0.314 e. The first-order valence-corrected chi connectivity index (χ1v) is 49.1. The Kier molecular flexibility index (Phi) is 31.1. The Hall–Kier alpha value is -10.5.